The monoisotopic (exact) mass is 530 g/mol. The van der Waals surface area contributed by atoms with Gasteiger partial charge in [-0.3, -0.25) is 4.79 Å². The van der Waals surface area contributed by atoms with Crippen molar-refractivity contribution in [1.29, 1.82) is 0 Å². The number of nitrogens with two attached hydrogens (primary N) is 1. The van der Waals surface area contributed by atoms with Gasteiger partial charge < -0.3 is 15.5 Å². The van der Waals surface area contributed by atoms with Gasteiger partial charge in [-0.1, -0.05) is 43.0 Å². The summed E-state index contributed by atoms with van der Waals surface area (Å²) < 4.78 is 44.8. The topological polar surface area (TPSA) is 98.2 Å². The van der Waals surface area contributed by atoms with Crippen LogP contribution in [-0.4, -0.2) is 31.7 Å². The first-order valence-electron chi connectivity index (χ1n) is 12.2. The molecule has 0 unspecified atom stereocenters. The Morgan fingerprint density at radius 3 is 2.62 bits per heavy atom. The van der Waals surface area contributed by atoms with Crippen molar-refractivity contribution in [3.63, 3.8) is 0 Å². The second-order valence-corrected chi connectivity index (χ2v) is 9.63. The fourth-order valence-electron chi connectivity index (χ4n) is 4.60. The molecule has 0 radical (unpaired) electrons. The molecule has 7 nitrogen and oxygen atoms in total. The van der Waals surface area contributed by atoms with Crippen molar-refractivity contribution in [2.45, 2.75) is 25.7 Å². The van der Waals surface area contributed by atoms with Gasteiger partial charge in [0, 0.05) is 23.7 Å². The van der Waals surface area contributed by atoms with Gasteiger partial charge in [-0.2, -0.15) is 0 Å². The number of nitrogens with one attached hydrogen (secondary N) is 1. The van der Waals surface area contributed by atoms with Crippen LogP contribution in [0.1, 0.15) is 36.4 Å². The van der Waals surface area contributed by atoms with E-state index in [1.165, 1.54) is 0 Å². The van der Waals surface area contributed by atoms with Crippen molar-refractivity contribution in [2.75, 3.05) is 17.6 Å². The van der Waals surface area contributed by atoms with Crippen molar-refractivity contribution in [3.05, 3.63) is 101 Å². The Kier molecular flexibility index (Phi) is 6.55. The lowest BCUT2D eigenvalue weighted by atomic mass is 9.78. The first-order valence-corrected chi connectivity index (χ1v) is 12.2. The summed E-state index contributed by atoms with van der Waals surface area (Å²) in [5.74, 6) is -2.41. The number of hydrogen-bond acceptors (Lipinski definition) is 6. The highest BCUT2D eigenvalue weighted by atomic mass is 19.2. The highest BCUT2D eigenvalue weighted by Gasteiger charge is 2.39. The van der Waals surface area contributed by atoms with Crippen LogP contribution in [0.5, 0.6) is 0 Å². The van der Waals surface area contributed by atoms with Crippen LogP contribution in [0, 0.1) is 17.5 Å². The molecular formula is C29H25F3N6O. The minimum Gasteiger partial charge on any atom is -0.383 e. The number of nitrogens with zero attached hydrogens (tertiary/aromatic N) is 4. The number of carbonyl (C=O) groups is 1. The number of pyridine rings is 1. The third kappa shape index (κ3) is 4.58. The van der Waals surface area contributed by atoms with Gasteiger partial charge in [0.15, 0.2) is 23.2 Å². The summed E-state index contributed by atoms with van der Waals surface area (Å²) in [7, 11) is 0. The first kappa shape index (κ1) is 25.9. The van der Waals surface area contributed by atoms with Gasteiger partial charge in [-0.15, -0.1) is 0 Å². The number of hydrogen-bond donors (Lipinski definition) is 2. The third-order valence-corrected chi connectivity index (χ3v) is 6.74. The molecular weight excluding hydrogens is 505 g/mol. The smallest absolute Gasteiger partial charge is 0.184 e. The molecule has 3 aromatic heterocycles. The van der Waals surface area contributed by atoms with Crippen LogP contribution in [0.25, 0.3) is 23.1 Å². The van der Waals surface area contributed by atoms with Gasteiger partial charge in [0.05, 0.1) is 17.5 Å². The normalized spacial score (nSPS) is 14.7. The van der Waals surface area contributed by atoms with Crippen molar-refractivity contribution in [3.8, 4) is 11.5 Å². The van der Waals surface area contributed by atoms with E-state index >= 15 is 0 Å². The standard InChI is InChI=1S/C29H25F3N6O/c1-4-5-6-7-8-16-9-12-20-25(28-36-26(33)23-27(37-28)34-14-21(39)29(23,2)3)35-22(38(20)15-16)13-17-18(30)10-11-19(31)24(17)32/h4-12,15H,1,13-14H2,2-3H3,(H3,33,34,36,37)/b6-5-,8-7+. The van der Waals surface area contributed by atoms with Crippen LogP contribution in [-0.2, 0) is 16.6 Å². The zero-order valence-corrected chi connectivity index (χ0v) is 21.3. The molecule has 0 saturated carbocycles. The molecule has 198 valence electrons. The van der Waals surface area contributed by atoms with E-state index in [-0.39, 0.29) is 36.2 Å². The molecule has 0 atom stereocenters. The molecule has 0 aliphatic carbocycles. The first-order chi connectivity index (χ1) is 18.6. The molecule has 4 aromatic rings. The number of fused-ring (bicyclic) bond motifs is 2. The van der Waals surface area contributed by atoms with Gasteiger partial charge in [0.1, 0.15) is 29.0 Å². The minimum atomic E-state index is -1.27. The van der Waals surface area contributed by atoms with E-state index in [2.05, 4.69) is 26.8 Å². The molecule has 1 aliphatic rings. The lowest BCUT2D eigenvalue weighted by molar-refractivity contribution is -0.122. The highest BCUT2D eigenvalue weighted by Crippen LogP contribution is 2.38. The Labute approximate surface area is 222 Å². The summed E-state index contributed by atoms with van der Waals surface area (Å²) in [5, 5.41) is 3.00. The average Bonchev–Trinajstić information content (AvgIpc) is 3.26. The Hall–Kier alpha value is -4.73. The molecule has 39 heavy (non-hydrogen) atoms. The quantitative estimate of drug-likeness (QED) is 0.256. The van der Waals surface area contributed by atoms with E-state index in [0.717, 1.165) is 17.7 Å². The molecule has 3 N–H and O–H groups in total. The summed E-state index contributed by atoms with van der Waals surface area (Å²) >= 11 is 0. The maximum absolute atomic E-state index is 14.6. The van der Waals surface area contributed by atoms with Gasteiger partial charge in [0.2, 0.25) is 0 Å². The molecule has 1 aromatic carbocycles. The third-order valence-electron chi connectivity index (χ3n) is 6.74. The molecule has 0 spiro atoms. The van der Waals surface area contributed by atoms with Gasteiger partial charge in [-0.25, -0.2) is 28.1 Å². The van der Waals surface area contributed by atoms with E-state index < -0.39 is 28.4 Å². The fourth-order valence-corrected chi connectivity index (χ4v) is 4.60. The number of Topliss-reactive ketones (excluding diaryl/α,β-unsaturated/α-hetero) is 1. The number of benzene rings is 1. The zero-order chi connectivity index (χ0) is 27.9. The second-order valence-electron chi connectivity index (χ2n) is 9.63. The lowest BCUT2D eigenvalue weighted by Crippen LogP contribution is -2.40. The van der Waals surface area contributed by atoms with E-state index in [4.69, 9.17) is 5.73 Å². The van der Waals surface area contributed by atoms with Gasteiger partial charge >= 0.3 is 0 Å². The van der Waals surface area contributed by atoms with Gasteiger partial charge in [-0.05, 0) is 37.6 Å². The number of carbonyl (C=O) groups excluding carboxylic acids is 1. The number of rotatable bonds is 6. The molecule has 5 rings (SSSR count). The van der Waals surface area contributed by atoms with Crippen LogP contribution in [0.4, 0.5) is 24.8 Å². The zero-order valence-electron chi connectivity index (χ0n) is 21.3. The number of anilines is 2. The molecule has 4 heterocycles. The number of imidazole rings is 1. The van der Waals surface area contributed by atoms with Crippen LogP contribution in [0.3, 0.4) is 0 Å². The summed E-state index contributed by atoms with van der Waals surface area (Å²) in [4.78, 5) is 26.2. The molecule has 1 aliphatic heterocycles. The second kappa shape index (κ2) is 9.86. The predicted octanol–water partition coefficient (Wildman–Crippen LogP) is 5.41. The van der Waals surface area contributed by atoms with Crippen LogP contribution in [0.15, 0.2) is 61.3 Å². The van der Waals surface area contributed by atoms with Crippen molar-refractivity contribution >= 4 is 29.0 Å². The summed E-state index contributed by atoms with van der Waals surface area (Å²) in [5.41, 5.74) is 7.12. The van der Waals surface area contributed by atoms with Crippen LogP contribution >= 0.6 is 0 Å². The average molecular weight is 531 g/mol. The largest absolute Gasteiger partial charge is 0.383 e. The van der Waals surface area contributed by atoms with E-state index in [0.29, 0.717) is 22.6 Å². The van der Waals surface area contributed by atoms with E-state index in [1.807, 2.05) is 18.2 Å². The predicted molar refractivity (Wildman–Crippen MR) is 145 cm³/mol. The number of halogens is 3. The molecule has 0 amide bonds. The van der Waals surface area contributed by atoms with Crippen molar-refractivity contribution in [2.24, 2.45) is 0 Å². The SMILES string of the molecule is C=C/C=C\C=C\c1ccc2c(-c3nc(N)c4c(n3)NCC(=O)C4(C)C)nc(Cc3c(F)ccc(F)c3F)n2c1. The lowest BCUT2D eigenvalue weighted by Gasteiger charge is -2.31. The molecule has 0 fully saturated rings. The molecule has 10 heteroatoms. The number of aromatic nitrogens is 4. The van der Waals surface area contributed by atoms with Crippen molar-refractivity contribution < 1.29 is 18.0 Å². The maximum atomic E-state index is 14.6. The number of ketones is 1. The minimum absolute atomic E-state index is 0.0459. The Morgan fingerprint density at radius 1 is 1.08 bits per heavy atom. The Bertz CT molecular complexity index is 1700. The molecule has 0 saturated heterocycles. The van der Waals surface area contributed by atoms with E-state index in [9.17, 15) is 18.0 Å². The summed E-state index contributed by atoms with van der Waals surface area (Å²) in [6.45, 7) is 7.24. The number of nitrogen functional groups attached to an aromatic ring is 1. The summed E-state index contributed by atoms with van der Waals surface area (Å²) in [6.07, 6.45) is 10.3. The van der Waals surface area contributed by atoms with E-state index in [1.54, 1.807) is 48.7 Å². The number of allylic oxidation sites excluding steroid dienone is 4. The maximum Gasteiger partial charge on any atom is 0.184 e. The van der Waals surface area contributed by atoms with Crippen LogP contribution in [0.2, 0.25) is 0 Å². The fraction of sp³-hybridized carbons (Fsp3) is 0.172. The Balaban J connectivity index is 1.69. The Morgan fingerprint density at radius 2 is 1.85 bits per heavy atom. The van der Waals surface area contributed by atoms with Crippen LogP contribution < -0.4 is 11.1 Å². The van der Waals surface area contributed by atoms with Crippen molar-refractivity contribution in [1.82, 2.24) is 19.4 Å². The van der Waals surface area contributed by atoms with Gasteiger partial charge in [0.25, 0.3) is 0 Å². The highest BCUT2D eigenvalue weighted by molar-refractivity contribution is 5.98. The summed E-state index contributed by atoms with van der Waals surface area (Å²) in [6, 6.07) is 5.24. The molecule has 0 bridgehead atoms.